The number of hydrogen-bond donors (Lipinski definition) is 0. The van der Waals surface area contributed by atoms with Gasteiger partial charge < -0.3 is 4.90 Å². The number of benzene rings is 1. The van der Waals surface area contributed by atoms with Gasteiger partial charge in [0, 0.05) is 13.6 Å². The molecule has 4 nitrogen and oxygen atoms in total. The molecule has 0 saturated carbocycles. The van der Waals surface area contributed by atoms with E-state index < -0.39 is 0 Å². The van der Waals surface area contributed by atoms with Crippen LogP contribution in [0.5, 0.6) is 0 Å². The number of nitrogens with zero attached hydrogens (tertiary/aromatic N) is 3. The van der Waals surface area contributed by atoms with Gasteiger partial charge in [-0.3, -0.25) is 4.79 Å². The highest BCUT2D eigenvalue weighted by Gasteiger charge is 2.19. The molecule has 4 heteroatoms. The van der Waals surface area contributed by atoms with Crippen molar-refractivity contribution >= 4 is 12.1 Å². The van der Waals surface area contributed by atoms with E-state index >= 15 is 0 Å². The highest BCUT2D eigenvalue weighted by molar-refractivity contribution is 5.85. The molecule has 0 aliphatic rings. The Balaban J connectivity index is 2.39. The molecule has 2 rings (SSSR count). The molecule has 0 spiro atoms. The van der Waals surface area contributed by atoms with Gasteiger partial charge in [-0.1, -0.05) is 38.0 Å². The van der Waals surface area contributed by atoms with Crippen LogP contribution in [0.15, 0.2) is 30.3 Å². The summed E-state index contributed by atoms with van der Waals surface area (Å²) in [7, 11) is 2.03. The fourth-order valence-corrected chi connectivity index (χ4v) is 2.49. The van der Waals surface area contributed by atoms with Gasteiger partial charge in [0.1, 0.15) is 5.82 Å². The van der Waals surface area contributed by atoms with E-state index in [-0.39, 0.29) is 0 Å². The first-order valence-electron chi connectivity index (χ1n) is 7.50. The zero-order valence-electron chi connectivity index (χ0n) is 13.0. The first kappa shape index (κ1) is 15.3. The molecule has 0 bridgehead atoms. The monoisotopic (exact) mass is 285 g/mol. The number of aromatic nitrogens is 2. The SMILES string of the molecule is CCCCCN(C)c1c(C=O)c(C)nn1-c1ccccc1. The van der Waals surface area contributed by atoms with Crippen molar-refractivity contribution in [3.8, 4) is 5.69 Å². The van der Waals surface area contributed by atoms with Gasteiger partial charge in [0.25, 0.3) is 0 Å². The van der Waals surface area contributed by atoms with E-state index in [9.17, 15) is 4.79 Å². The average molecular weight is 285 g/mol. The summed E-state index contributed by atoms with van der Waals surface area (Å²) in [5.74, 6) is 0.879. The number of anilines is 1. The molecule has 1 aromatic carbocycles. The van der Waals surface area contributed by atoms with Crippen molar-refractivity contribution in [2.24, 2.45) is 0 Å². The third-order valence-corrected chi connectivity index (χ3v) is 3.66. The number of carbonyl (C=O) groups excluding carboxylic acids is 1. The van der Waals surface area contributed by atoms with Gasteiger partial charge in [0.15, 0.2) is 6.29 Å². The smallest absolute Gasteiger partial charge is 0.155 e. The largest absolute Gasteiger partial charge is 0.359 e. The van der Waals surface area contributed by atoms with Crippen molar-refractivity contribution < 1.29 is 4.79 Å². The quantitative estimate of drug-likeness (QED) is 0.576. The summed E-state index contributed by atoms with van der Waals surface area (Å²) < 4.78 is 1.87. The molecule has 0 radical (unpaired) electrons. The maximum absolute atomic E-state index is 11.4. The van der Waals surface area contributed by atoms with Gasteiger partial charge in [-0.15, -0.1) is 0 Å². The fourth-order valence-electron chi connectivity index (χ4n) is 2.49. The van der Waals surface area contributed by atoms with Gasteiger partial charge in [-0.2, -0.15) is 5.10 Å². The van der Waals surface area contributed by atoms with Crippen LogP contribution < -0.4 is 4.90 Å². The average Bonchev–Trinajstić information content (AvgIpc) is 2.85. The number of rotatable bonds is 7. The van der Waals surface area contributed by atoms with Crippen molar-refractivity contribution in [3.05, 3.63) is 41.6 Å². The first-order chi connectivity index (χ1) is 10.2. The minimum Gasteiger partial charge on any atom is -0.359 e. The fraction of sp³-hybridized carbons (Fsp3) is 0.412. The van der Waals surface area contributed by atoms with Crippen molar-refractivity contribution in [1.82, 2.24) is 9.78 Å². The van der Waals surface area contributed by atoms with Crippen LogP contribution in [0.25, 0.3) is 5.69 Å². The number of carbonyl (C=O) groups is 1. The van der Waals surface area contributed by atoms with Gasteiger partial charge in [0.05, 0.1) is 16.9 Å². The first-order valence-corrected chi connectivity index (χ1v) is 7.50. The number of para-hydroxylation sites is 1. The van der Waals surface area contributed by atoms with Crippen LogP contribution >= 0.6 is 0 Å². The predicted molar refractivity (Wildman–Crippen MR) is 86.5 cm³/mol. The summed E-state index contributed by atoms with van der Waals surface area (Å²) >= 11 is 0. The van der Waals surface area contributed by atoms with Gasteiger partial charge in [-0.25, -0.2) is 4.68 Å². The summed E-state index contributed by atoms with van der Waals surface area (Å²) in [4.78, 5) is 13.6. The van der Waals surface area contributed by atoms with Crippen molar-refractivity contribution in [3.63, 3.8) is 0 Å². The normalized spacial score (nSPS) is 10.6. The molecule has 0 amide bonds. The molecule has 0 saturated heterocycles. The predicted octanol–water partition coefficient (Wildman–Crippen LogP) is 3.62. The van der Waals surface area contributed by atoms with Gasteiger partial charge in [0.2, 0.25) is 0 Å². The molecule has 0 aliphatic carbocycles. The highest BCUT2D eigenvalue weighted by Crippen LogP contribution is 2.25. The highest BCUT2D eigenvalue weighted by atomic mass is 16.1. The Morgan fingerprint density at radius 2 is 1.95 bits per heavy atom. The maximum Gasteiger partial charge on any atom is 0.155 e. The molecule has 0 atom stereocenters. The Bertz CT molecular complexity index is 590. The van der Waals surface area contributed by atoms with Crippen LogP contribution in [0.1, 0.15) is 42.2 Å². The van der Waals surface area contributed by atoms with Crippen molar-refractivity contribution in [1.29, 1.82) is 0 Å². The Labute approximate surface area is 126 Å². The van der Waals surface area contributed by atoms with Gasteiger partial charge >= 0.3 is 0 Å². The number of unbranched alkanes of at least 4 members (excludes halogenated alkanes) is 2. The zero-order valence-corrected chi connectivity index (χ0v) is 13.0. The summed E-state index contributed by atoms with van der Waals surface area (Å²) in [6.45, 7) is 4.99. The Kier molecular flexibility index (Phi) is 5.14. The second kappa shape index (κ2) is 7.07. The Morgan fingerprint density at radius 3 is 2.57 bits per heavy atom. The Hall–Kier alpha value is -2.10. The molecular formula is C17H23N3O. The van der Waals surface area contributed by atoms with Crippen molar-refractivity contribution in [2.75, 3.05) is 18.5 Å². The summed E-state index contributed by atoms with van der Waals surface area (Å²) in [5.41, 5.74) is 2.43. The molecule has 112 valence electrons. The molecule has 21 heavy (non-hydrogen) atoms. The Morgan fingerprint density at radius 1 is 1.24 bits per heavy atom. The van der Waals surface area contributed by atoms with Gasteiger partial charge in [-0.05, 0) is 25.5 Å². The van der Waals surface area contributed by atoms with Crippen LogP contribution in [0.4, 0.5) is 5.82 Å². The third-order valence-electron chi connectivity index (χ3n) is 3.66. The molecule has 2 aromatic rings. The second-order valence-electron chi connectivity index (χ2n) is 5.32. The molecule has 1 heterocycles. The standard InChI is InChI=1S/C17H23N3O/c1-4-5-9-12-19(3)17-16(13-21)14(2)18-20(17)15-10-7-6-8-11-15/h6-8,10-11,13H,4-5,9,12H2,1-3H3. The lowest BCUT2D eigenvalue weighted by atomic mass is 10.2. The minimum absolute atomic E-state index is 0.679. The lowest BCUT2D eigenvalue weighted by Gasteiger charge is -2.21. The third kappa shape index (κ3) is 3.32. The zero-order chi connectivity index (χ0) is 15.2. The lowest BCUT2D eigenvalue weighted by molar-refractivity contribution is 0.112. The van der Waals surface area contributed by atoms with Crippen LogP contribution in [-0.2, 0) is 0 Å². The molecule has 1 aromatic heterocycles. The molecular weight excluding hydrogens is 262 g/mol. The van der Waals surface area contributed by atoms with Crippen LogP contribution in [-0.4, -0.2) is 29.7 Å². The molecule has 0 fully saturated rings. The van der Waals surface area contributed by atoms with E-state index in [1.165, 1.54) is 12.8 Å². The van der Waals surface area contributed by atoms with E-state index in [2.05, 4.69) is 16.9 Å². The van der Waals surface area contributed by atoms with Crippen molar-refractivity contribution in [2.45, 2.75) is 33.1 Å². The van der Waals surface area contributed by atoms with E-state index in [1.54, 1.807) is 0 Å². The van der Waals surface area contributed by atoms with Crippen LogP contribution in [0.3, 0.4) is 0 Å². The number of aldehydes is 1. The number of aryl methyl sites for hydroxylation is 1. The molecule has 0 N–H and O–H groups in total. The second-order valence-corrected chi connectivity index (χ2v) is 5.32. The van der Waals surface area contributed by atoms with Crippen LogP contribution in [0.2, 0.25) is 0 Å². The summed E-state index contributed by atoms with van der Waals surface area (Å²) in [6, 6.07) is 9.95. The molecule has 0 unspecified atom stereocenters. The lowest BCUT2D eigenvalue weighted by Crippen LogP contribution is -2.22. The maximum atomic E-state index is 11.4. The van der Waals surface area contributed by atoms with E-state index in [4.69, 9.17) is 0 Å². The minimum atomic E-state index is 0.679. The van der Waals surface area contributed by atoms with Crippen LogP contribution in [0, 0.1) is 6.92 Å². The summed E-state index contributed by atoms with van der Waals surface area (Å²) in [6.07, 6.45) is 4.41. The van der Waals surface area contributed by atoms with E-state index in [1.807, 2.05) is 49.0 Å². The number of hydrogen-bond acceptors (Lipinski definition) is 3. The van der Waals surface area contributed by atoms with E-state index in [0.717, 1.165) is 36.5 Å². The molecule has 0 aliphatic heterocycles. The topological polar surface area (TPSA) is 38.1 Å². The summed E-state index contributed by atoms with van der Waals surface area (Å²) in [5, 5.41) is 4.54. The van der Waals surface area contributed by atoms with E-state index in [0.29, 0.717) is 5.56 Å².